The number of aryl methyl sites for hydroxylation is 1. The summed E-state index contributed by atoms with van der Waals surface area (Å²) in [5, 5.41) is 5.28. The van der Waals surface area contributed by atoms with Crippen molar-refractivity contribution in [2.45, 2.75) is 11.3 Å². The smallest absolute Gasteiger partial charge is 0.255 e. The molecule has 2 aromatic carbocycles. The first kappa shape index (κ1) is 16.9. The van der Waals surface area contributed by atoms with Crippen molar-refractivity contribution in [1.82, 2.24) is 0 Å². The second-order valence-corrected chi connectivity index (χ2v) is 7.69. The van der Waals surface area contributed by atoms with Crippen LogP contribution in [0.4, 0.5) is 11.4 Å². The molecule has 6 nitrogen and oxygen atoms in total. The number of amides is 2. The molecule has 0 bridgehead atoms. The Kier molecular flexibility index (Phi) is 4.41. The minimum atomic E-state index is -3.25. The molecule has 25 heavy (non-hydrogen) atoms. The minimum absolute atomic E-state index is 0.109. The lowest BCUT2D eigenvalue weighted by Gasteiger charge is -2.08. The summed E-state index contributed by atoms with van der Waals surface area (Å²) < 4.78 is 23.9. The maximum atomic E-state index is 12.3. The Morgan fingerprint density at radius 1 is 1.00 bits per heavy atom. The van der Waals surface area contributed by atoms with E-state index in [4.69, 9.17) is 0 Å². The first-order chi connectivity index (χ1) is 11.9. The molecule has 0 aromatic heterocycles. The molecule has 2 N–H and O–H groups in total. The topological polar surface area (TPSA) is 92.3 Å². The Morgan fingerprint density at radius 3 is 2.36 bits per heavy atom. The normalized spacial score (nSPS) is 14.4. The van der Waals surface area contributed by atoms with Crippen LogP contribution in [0.2, 0.25) is 0 Å². The van der Waals surface area contributed by atoms with Crippen LogP contribution in [0.15, 0.2) is 60.0 Å². The fourth-order valence-corrected chi connectivity index (χ4v) is 4.17. The van der Waals surface area contributed by atoms with E-state index in [1.54, 1.807) is 36.4 Å². The molecular weight excluding hydrogens is 340 g/mol. The number of carbonyl (C=O) groups is 2. The van der Waals surface area contributed by atoms with E-state index in [-0.39, 0.29) is 22.5 Å². The lowest BCUT2D eigenvalue weighted by Crippen LogP contribution is -2.13. The van der Waals surface area contributed by atoms with Gasteiger partial charge in [0, 0.05) is 16.9 Å². The Bertz CT molecular complexity index is 963. The standard InChI is InChI=1S/C18H16N2O4S/c1-2-17(21)19-14-6-4-13(5-7-14)18(22)20-15-8-3-12-9-10-25(23,24)16(12)11-15/h2-8,11H,1,9-10H2,(H,19,21)(H,20,22). The Hall–Kier alpha value is -2.93. The highest BCUT2D eigenvalue weighted by Crippen LogP contribution is 2.28. The Labute approximate surface area is 145 Å². The summed E-state index contributed by atoms with van der Waals surface area (Å²) in [5.74, 6) is -0.592. The SMILES string of the molecule is C=CC(=O)Nc1ccc(C(=O)Nc2ccc3c(c2)S(=O)(=O)CC3)cc1. The highest BCUT2D eigenvalue weighted by atomic mass is 32.2. The van der Waals surface area contributed by atoms with Gasteiger partial charge in [0.2, 0.25) is 5.91 Å². The van der Waals surface area contributed by atoms with Crippen molar-refractivity contribution < 1.29 is 18.0 Å². The molecule has 3 rings (SSSR count). The fourth-order valence-electron chi connectivity index (χ4n) is 2.58. The van der Waals surface area contributed by atoms with Gasteiger partial charge in [0.05, 0.1) is 10.6 Å². The van der Waals surface area contributed by atoms with Gasteiger partial charge in [-0.25, -0.2) is 8.42 Å². The molecule has 0 radical (unpaired) electrons. The molecule has 7 heteroatoms. The van der Waals surface area contributed by atoms with Crippen molar-refractivity contribution in [2.24, 2.45) is 0 Å². The van der Waals surface area contributed by atoms with Crippen molar-refractivity contribution in [3.05, 3.63) is 66.2 Å². The maximum Gasteiger partial charge on any atom is 0.255 e. The van der Waals surface area contributed by atoms with Crippen LogP contribution in [-0.4, -0.2) is 26.0 Å². The third-order valence-corrected chi connectivity index (χ3v) is 5.69. The quantitative estimate of drug-likeness (QED) is 0.823. The molecule has 0 fully saturated rings. The van der Waals surface area contributed by atoms with Gasteiger partial charge < -0.3 is 10.6 Å². The van der Waals surface area contributed by atoms with Crippen molar-refractivity contribution in [3.8, 4) is 0 Å². The summed E-state index contributed by atoms with van der Waals surface area (Å²) in [7, 11) is -3.25. The maximum absolute atomic E-state index is 12.3. The monoisotopic (exact) mass is 356 g/mol. The van der Waals surface area contributed by atoms with Gasteiger partial charge in [-0.1, -0.05) is 12.6 Å². The second-order valence-electron chi connectivity index (χ2n) is 5.62. The van der Waals surface area contributed by atoms with Gasteiger partial charge in [-0.3, -0.25) is 9.59 Å². The Morgan fingerprint density at radius 2 is 1.68 bits per heavy atom. The lowest BCUT2D eigenvalue weighted by molar-refractivity contribution is -0.111. The number of nitrogens with one attached hydrogen (secondary N) is 2. The molecule has 0 unspecified atom stereocenters. The van der Waals surface area contributed by atoms with Gasteiger partial charge >= 0.3 is 0 Å². The molecule has 1 heterocycles. The van der Waals surface area contributed by atoms with E-state index in [2.05, 4.69) is 17.2 Å². The summed E-state index contributed by atoms with van der Waals surface area (Å²) in [4.78, 5) is 23.8. The second kappa shape index (κ2) is 6.52. The zero-order valence-corrected chi connectivity index (χ0v) is 14.1. The third kappa shape index (κ3) is 3.61. The van der Waals surface area contributed by atoms with Gasteiger partial charge in [0.15, 0.2) is 9.84 Å². The van der Waals surface area contributed by atoms with Crippen molar-refractivity contribution in [2.75, 3.05) is 16.4 Å². The Balaban J connectivity index is 1.75. The molecule has 0 saturated heterocycles. The first-order valence-corrected chi connectivity index (χ1v) is 9.25. The molecule has 128 valence electrons. The van der Waals surface area contributed by atoms with Crippen molar-refractivity contribution in [3.63, 3.8) is 0 Å². The number of anilines is 2. The predicted molar refractivity (Wildman–Crippen MR) is 95.4 cm³/mol. The first-order valence-electron chi connectivity index (χ1n) is 7.59. The zero-order valence-electron chi connectivity index (χ0n) is 13.3. The fraction of sp³-hybridized carbons (Fsp3) is 0.111. The van der Waals surface area contributed by atoms with E-state index in [0.29, 0.717) is 23.4 Å². The van der Waals surface area contributed by atoms with E-state index in [0.717, 1.165) is 11.6 Å². The van der Waals surface area contributed by atoms with Crippen molar-refractivity contribution >= 4 is 33.0 Å². The number of rotatable bonds is 4. The number of carbonyl (C=O) groups excluding carboxylic acids is 2. The van der Waals surface area contributed by atoms with E-state index in [1.165, 1.54) is 6.07 Å². The van der Waals surface area contributed by atoms with Crippen molar-refractivity contribution in [1.29, 1.82) is 0 Å². The summed E-state index contributed by atoms with van der Waals surface area (Å²) in [6.45, 7) is 3.37. The molecule has 2 amide bonds. The minimum Gasteiger partial charge on any atom is -0.323 e. The number of hydrogen-bond acceptors (Lipinski definition) is 4. The van der Waals surface area contributed by atoms with Gasteiger partial charge in [0.25, 0.3) is 5.91 Å². The molecule has 0 atom stereocenters. The van der Waals surface area contributed by atoms with Gasteiger partial charge in [-0.2, -0.15) is 0 Å². The zero-order chi connectivity index (χ0) is 18.0. The highest BCUT2D eigenvalue weighted by molar-refractivity contribution is 7.91. The highest BCUT2D eigenvalue weighted by Gasteiger charge is 2.26. The van der Waals surface area contributed by atoms with Crippen LogP contribution in [0.1, 0.15) is 15.9 Å². The summed E-state index contributed by atoms with van der Waals surface area (Å²) in [6, 6.07) is 11.2. The average Bonchev–Trinajstić information content (AvgIpc) is 2.90. The van der Waals surface area contributed by atoms with Crippen LogP contribution >= 0.6 is 0 Å². The molecule has 0 spiro atoms. The lowest BCUT2D eigenvalue weighted by atomic mass is 10.1. The summed E-state index contributed by atoms with van der Waals surface area (Å²) >= 11 is 0. The van der Waals surface area contributed by atoms with Gasteiger partial charge in [-0.15, -0.1) is 0 Å². The number of hydrogen-bond donors (Lipinski definition) is 2. The van der Waals surface area contributed by atoms with E-state index >= 15 is 0 Å². The number of fused-ring (bicyclic) bond motifs is 1. The average molecular weight is 356 g/mol. The number of sulfone groups is 1. The van der Waals surface area contributed by atoms with Crippen LogP contribution in [-0.2, 0) is 21.1 Å². The van der Waals surface area contributed by atoms with E-state index in [9.17, 15) is 18.0 Å². The largest absolute Gasteiger partial charge is 0.323 e. The number of benzene rings is 2. The molecular formula is C18H16N2O4S. The summed E-state index contributed by atoms with van der Waals surface area (Å²) in [5.41, 5.74) is 2.14. The molecule has 1 aliphatic rings. The van der Waals surface area contributed by atoms with E-state index in [1.807, 2.05) is 0 Å². The molecule has 0 saturated carbocycles. The van der Waals surface area contributed by atoms with Gasteiger partial charge in [-0.05, 0) is 54.5 Å². The molecule has 0 aliphatic carbocycles. The summed E-state index contributed by atoms with van der Waals surface area (Å²) in [6.07, 6.45) is 1.66. The third-order valence-electron chi connectivity index (χ3n) is 3.90. The van der Waals surface area contributed by atoms with Crippen LogP contribution in [0.5, 0.6) is 0 Å². The molecule has 1 aliphatic heterocycles. The van der Waals surface area contributed by atoms with E-state index < -0.39 is 9.84 Å². The van der Waals surface area contributed by atoms with Crippen LogP contribution in [0, 0.1) is 0 Å². The van der Waals surface area contributed by atoms with Gasteiger partial charge in [0.1, 0.15) is 0 Å². The molecule has 2 aromatic rings. The van der Waals surface area contributed by atoms with Crippen LogP contribution in [0.25, 0.3) is 0 Å². The van der Waals surface area contributed by atoms with Crippen LogP contribution < -0.4 is 10.6 Å². The van der Waals surface area contributed by atoms with Crippen LogP contribution in [0.3, 0.4) is 0 Å². The predicted octanol–water partition coefficient (Wildman–Crippen LogP) is 2.39.